The summed E-state index contributed by atoms with van der Waals surface area (Å²) in [7, 11) is 0. The highest BCUT2D eigenvalue weighted by Gasteiger charge is 2.26. The van der Waals surface area contributed by atoms with E-state index in [1.807, 2.05) is 59.3 Å². The first kappa shape index (κ1) is 15.6. The summed E-state index contributed by atoms with van der Waals surface area (Å²) in [6.45, 7) is 0.379. The largest absolute Gasteiger partial charge is 0.379 e. The molecule has 0 amide bonds. The molecule has 0 unspecified atom stereocenters. The molecule has 0 spiro atoms. The third-order valence-corrected chi connectivity index (χ3v) is 4.11. The fourth-order valence-electron chi connectivity index (χ4n) is 2.35. The Bertz CT molecular complexity index is 770. The summed E-state index contributed by atoms with van der Waals surface area (Å²) >= 11 is 3.42. The first-order chi connectivity index (χ1) is 11.2. The molecule has 3 rings (SSSR count). The zero-order valence-corrected chi connectivity index (χ0v) is 14.0. The van der Waals surface area contributed by atoms with Crippen molar-refractivity contribution >= 4 is 22.0 Å². The molecular formula is C18H16BrN3O. The van der Waals surface area contributed by atoms with Gasteiger partial charge in [0, 0.05) is 29.3 Å². The Morgan fingerprint density at radius 1 is 1.04 bits per heavy atom. The lowest BCUT2D eigenvalue weighted by atomic mass is 9.93. The molecule has 0 aliphatic rings. The molecule has 116 valence electrons. The van der Waals surface area contributed by atoms with Crippen LogP contribution in [0.1, 0.15) is 11.1 Å². The maximum absolute atomic E-state index is 11.2. The molecule has 1 N–H and O–H groups in total. The van der Waals surface area contributed by atoms with E-state index in [4.69, 9.17) is 0 Å². The number of aliphatic hydroxyl groups is 1. The third kappa shape index (κ3) is 3.94. The van der Waals surface area contributed by atoms with E-state index < -0.39 is 5.60 Å². The number of benzene rings is 1. The zero-order valence-electron chi connectivity index (χ0n) is 12.4. The molecule has 4 nitrogen and oxygen atoms in total. The molecule has 0 radical (unpaired) electrons. The van der Waals surface area contributed by atoms with E-state index in [-0.39, 0.29) is 0 Å². The summed E-state index contributed by atoms with van der Waals surface area (Å²) in [5.74, 6) is 0. The fourth-order valence-corrected chi connectivity index (χ4v) is 2.61. The van der Waals surface area contributed by atoms with Crippen LogP contribution < -0.4 is 0 Å². The molecular weight excluding hydrogens is 354 g/mol. The Kier molecular flexibility index (Phi) is 4.69. The van der Waals surface area contributed by atoms with Gasteiger partial charge in [-0.1, -0.05) is 34.1 Å². The molecule has 1 aromatic carbocycles. The summed E-state index contributed by atoms with van der Waals surface area (Å²) in [5, 5.41) is 11.2. The van der Waals surface area contributed by atoms with E-state index in [9.17, 15) is 5.11 Å². The van der Waals surface area contributed by atoms with Crippen LogP contribution in [-0.4, -0.2) is 19.6 Å². The van der Waals surface area contributed by atoms with Crippen molar-refractivity contribution in [1.29, 1.82) is 0 Å². The van der Waals surface area contributed by atoms with Crippen molar-refractivity contribution < 1.29 is 5.11 Å². The molecule has 0 aliphatic carbocycles. The van der Waals surface area contributed by atoms with Crippen LogP contribution in [0.3, 0.4) is 0 Å². The molecule has 3 aromatic rings. The van der Waals surface area contributed by atoms with Crippen molar-refractivity contribution in [3.63, 3.8) is 0 Å². The van der Waals surface area contributed by atoms with Crippen LogP contribution in [0.2, 0.25) is 0 Å². The molecule has 1 atom stereocenters. The summed E-state index contributed by atoms with van der Waals surface area (Å²) < 4.78 is 2.88. The van der Waals surface area contributed by atoms with E-state index in [1.54, 1.807) is 24.9 Å². The molecule has 0 saturated heterocycles. The lowest BCUT2D eigenvalue weighted by molar-refractivity contribution is 0.0703. The van der Waals surface area contributed by atoms with Gasteiger partial charge in [0.05, 0.1) is 12.9 Å². The van der Waals surface area contributed by atoms with E-state index in [1.165, 1.54) is 0 Å². The molecule has 2 aromatic heterocycles. The second-order valence-corrected chi connectivity index (χ2v) is 6.20. The van der Waals surface area contributed by atoms with Gasteiger partial charge >= 0.3 is 0 Å². The summed E-state index contributed by atoms with van der Waals surface area (Å²) in [6.07, 6.45) is 12.3. The van der Waals surface area contributed by atoms with E-state index in [0.29, 0.717) is 6.54 Å². The van der Waals surface area contributed by atoms with Crippen LogP contribution in [0.25, 0.3) is 6.08 Å². The highest BCUT2D eigenvalue weighted by atomic mass is 79.9. The molecule has 0 fully saturated rings. The number of aromatic nitrogens is 3. The van der Waals surface area contributed by atoms with Crippen molar-refractivity contribution in [1.82, 2.24) is 14.5 Å². The van der Waals surface area contributed by atoms with Gasteiger partial charge in [-0.25, -0.2) is 4.98 Å². The van der Waals surface area contributed by atoms with Crippen molar-refractivity contribution in [2.75, 3.05) is 0 Å². The predicted molar refractivity (Wildman–Crippen MR) is 93.5 cm³/mol. The van der Waals surface area contributed by atoms with Crippen molar-refractivity contribution in [3.8, 4) is 0 Å². The van der Waals surface area contributed by atoms with E-state index in [2.05, 4.69) is 25.9 Å². The molecule has 0 saturated carbocycles. The number of hydrogen-bond donors (Lipinski definition) is 1. The Hall–Kier alpha value is -2.24. The first-order valence-electron chi connectivity index (χ1n) is 7.19. The van der Waals surface area contributed by atoms with Gasteiger partial charge in [0.2, 0.25) is 0 Å². The van der Waals surface area contributed by atoms with Gasteiger partial charge in [-0.15, -0.1) is 0 Å². The standard InChI is InChI=1S/C18H16BrN3O/c19-17-3-1-15(2-4-17)5-8-18(23,13-22-12-11-21-14-22)16-6-9-20-10-7-16/h1-12,14,23H,13H2/b8-5-/t18-/m1/s1. The molecule has 0 aliphatic heterocycles. The van der Waals surface area contributed by atoms with Crippen molar-refractivity contribution in [3.05, 3.63) is 89.2 Å². The fraction of sp³-hybridized carbons (Fsp3) is 0.111. The van der Waals surface area contributed by atoms with Gasteiger partial charge in [0.1, 0.15) is 5.60 Å². The van der Waals surface area contributed by atoms with E-state index >= 15 is 0 Å². The minimum Gasteiger partial charge on any atom is -0.379 e. The average Bonchev–Trinajstić information content (AvgIpc) is 3.08. The molecule has 5 heteroatoms. The maximum atomic E-state index is 11.2. The van der Waals surface area contributed by atoms with Crippen molar-refractivity contribution in [2.24, 2.45) is 0 Å². The second kappa shape index (κ2) is 6.89. The topological polar surface area (TPSA) is 50.9 Å². The smallest absolute Gasteiger partial charge is 0.126 e. The minimum absolute atomic E-state index is 0.379. The summed E-state index contributed by atoms with van der Waals surface area (Å²) in [6, 6.07) is 11.6. The second-order valence-electron chi connectivity index (χ2n) is 5.28. The van der Waals surface area contributed by atoms with Crippen LogP contribution in [0.5, 0.6) is 0 Å². The molecule has 0 bridgehead atoms. The van der Waals surface area contributed by atoms with Gasteiger partial charge in [-0.3, -0.25) is 4.98 Å². The average molecular weight is 370 g/mol. The summed E-state index contributed by atoms with van der Waals surface area (Å²) in [5.41, 5.74) is 0.664. The van der Waals surface area contributed by atoms with Gasteiger partial charge in [0.25, 0.3) is 0 Å². The van der Waals surface area contributed by atoms with Crippen molar-refractivity contribution in [2.45, 2.75) is 12.1 Å². The number of hydrogen-bond acceptors (Lipinski definition) is 3. The Morgan fingerprint density at radius 2 is 1.78 bits per heavy atom. The third-order valence-electron chi connectivity index (χ3n) is 3.58. The predicted octanol–water partition coefficient (Wildman–Crippen LogP) is 3.64. The number of halogens is 1. The Morgan fingerprint density at radius 3 is 2.43 bits per heavy atom. The normalized spacial score (nSPS) is 14.0. The monoisotopic (exact) mass is 369 g/mol. The van der Waals surface area contributed by atoms with E-state index in [0.717, 1.165) is 15.6 Å². The van der Waals surface area contributed by atoms with Crippen LogP contribution in [0, 0.1) is 0 Å². The highest BCUT2D eigenvalue weighted by Crippen LogP contribution is 2.26. The quantitative estimate of drug-likeness (QED) is 0.746. The van der Waals surface area contributed by atoms with Crippen LogP contribution in [0.4, 0.5) is 0 Å². The lowest BCUT2D eigenvalue weighted by Crippen LogP contribution is -2.28. The SMILES string of the molecule is O[C@](/C=C\c1ccc(Br)cc1)(Cn1ccnc1)c1ccncc1. The van der Waals surface area contributed by atoms with Gasteiger partial charge in [-0.05, 0) is 41.5 Å². The number of nitrogens with zero attached hydrogens (tertiary/aromatic N) is 3. The number of rotatable bonds is 5. The van der Waals surface area contributed by atoms with Gasteiger partial charge in [0.15, 0.2) is 0 Å². The van der Waals surface area contributed by atoms with Gasteiger partial charge in [-0.2, -0.15) is 0 Å². The molecule has 23 heavy (non-hydrogen) atoms. The highest BCUT2D eigenvalue weighted by molar-refractivity contribution is 9.10. The lowest BCUT2D eigenvalue weighted by Gasteiger charge is -2.25. The minimum atomic E-state index is -1.14. The first-order valence-corrected chi connectivity index (χ1v) is 7.98. The number of pyridine rings is 1. The zero-order chi connectivity index (χ0) is 16.1. The maximum Gasteiger partial charge on any atom is 0.126 e. The molecule has 2 heterocycles. The van der Waals surface area contributed by atoms with Gasteiger partial charge < -0.3 is 9.67 Å². The summed E-state index contributed by atoms with van der Waals surface area (Å²) in [4.78, 5) is 8.06. The van der Waals surface area contributed by atoms with Crippen LogP contribution in [-0.2, 0) is 12.1 Å². The van der Waals surface area contributed by atoms with Crippen LogP contribution >= 0.6 is 15.9 Å². The number of imidazole rings is 1. The van der Waals surface area contributed by atoms with Crippen LogP contribution in [0.15, 0.2) is 78.1 Å². The Balaban J connectivity index is 1.93. The Labute approximate surface area is 143 Å².